The zero-order valence-corrected chi connectivity index (χ0v) is 17.0. The lowest BCUT2D eigenvalue weighted by atomic mass is 9.95. The zero-order chi connectivity index (χ0) is 22.8. The van der Waals surface area contributed by atoms with Gasteiger partial charge in [0.2, 0.25) is 0 Å². The van der Waals surface area contributed by atoms with Crippen LogP contribution in [-0.4, -0.2) is 38.9 Å². The number of rotatable bonds is 5. The maximum atomic E-state index is 14.2. The van der Waals surface area contributed by atoms with Gasteiger partial charge in [-0.15, -0.1) is 0 Å². The molecule has 0 unspecified atom stereocenters. The van der Waals surface area contributed by atoms with Crippen molar-refractivity contribution in [1.82, 2.24) is 9.88 Å². The van der Waals surface area contributed by atoms with Crippen LogP contribution in [0.5, 0.6) is 11.5 Å². The molecule has 1 amide bonds. The summed E-state index contributed by atoms with van der Waals surface area (Å²) in [6.45, 7) is 0.0897. The number of ether oxygens (including phenoxy) is 1. The minimum absolute atomic E-state index is 0.0112. The van der Waals surface area contributed by atoms with Crippen molar-refractivity contribution in [2.45, 2.75) is 12.6 Å². The van der Waals surface area contributed by atoms with E-state index in [9.17, 15) is 24.2 Å². The number of aromatic hydroxyl groups is 1. The van der Waals surface area contributed by atoms with Crippen LogP contribution in [0.3, 0.4) is 0 Å². The molecule has 2 aromatic carbocycles. The molecule has 0 aliphatic carbocycles. The van der Waals surface area contributed by atoms with E-state index < -0.39 is 29.3 Å². The fourth-order valence-corrected chi connectivity index (χ4v) is 3.70. The van der Waals surface area contributed by atoms with Crippen LogP contribution in [-0.2, 0) is 16.1 Å². The number of carbonyl (C=O) groups is 2. The molecular formula is C24H19FN2O5. The molecule has 1 fully saturated rings. The van der Waals surface area contributed by atoms with Crippen molar-refractivity contribution in [2.75, 3.05) is 7.11 Å². The normalized spacial score (nSPS) is 17.6. The summed E-state index contributed by atoms with van der Waals surface area (Å²) in [7, 11) is 1.31. The smallest absolute Gasteiger partial charge is 0.295 e. The van der Waals surface area contributed by atoms with Gasteiger partial charge in [-0.05, 0) is 53.6 Å². The number of aliphatic hydroxyl groups excluding tert-OH is 1. The predicted octanol–water partition coefficient (Wildman–Crippen LogP) is 3.56. The Hall–Kier alpha value is -4.20. The first-order valence-electron chi connectivity index (χ1n) is 9.71. The van der Waals surface area contributed by atoms with Crippen LogP contribution < -0.4 is 4.74 Å². The molecule has 32 heavy (non-hydrogen) atoms. The second kappa shape index (κ2) is 8.50. The summed E-state index contributed by atoms with van der Waals surface area (Å²) >= 11 is 0. The number of Topliss-reactive ketones (excluding diaryl/α,β-unsaturated/α-hetero) is 1. The third kappa shape index (κ3) is 3.78. The summed E-state index contributed by atoms with van der Waals surface area (Å²) in [6, 6.07) is 12.2. The molecule has 1 atom stereocenters. The number of carbonyl (C=O) groups excluding carboxylic acids is 2. The van der Waals surface area contributed by atoms with Gasteiger partial charge >= 0.3 is 0 Å². The first-order chi connectivity index (χ1) is 15.4. The summed E-state index contributed by atoms with van der Waals surface area (Å²) in [5.74, 6) is -2.91. The van der Waals surface area contributed by atoms with Gasteiger partial charge in [0.25, 0.3) is 11.7 Å². The van der Waals surface area contributed by atoms with Crippen LogP contribution in [0, 0.1) is 5.82 Å². The molecule has 1 aliphatic rings. The first-order valence-corrected chi connectivity index (χ1v) is 9.71. The highest BCUT2D eigenvalue weighted by Crippen LogP contribution is 2.41. The quantitative estimate of drug-likeness (QED) is 0.362. The number of methoxy groups -OCH3 is 1. The fourth-order valence-electron chi connectivity index (χ4n) is 3.70. The highest BCUT2D eigenvalue weighted by Gasteiger charge is 2.46. The second-order valence-electron chi connectivity index (χ2n) is 7.22. The van der Waals surface area contributed by atoms with E-state index in [-0.39, 0.29) is 29.2 Å². The molecule has 7 nitrogen and oxygen atoms in total. The standard InChI is InChI=1S/C24H19FN2O5/c1-32-19-7-4-16(12-18(19)25)22(29)20-21(15-2-5-17(28)6-3-15)27(24(31)23(20)30)13-14-8-10-26-11-9-14/h2-12,21,28-29H,13H2,1H3/t21-/m1/s1. The van der Waals surface area contributed by atoms with Crippen molar-refractivity contribution in [2.24, 2.45) is 0 Å². The molecule has 8 heteroatoms. The maximum Gasteiger partial charge on any atom is 0.295 e. The molecule has 162 valence electrons. The Labute approximate surface area is 183 Å². The summed E-state index contributed by atoms with van der Waals surface area (Å²) < 4.78 is 19.1. The lowest BCUT2D eigenvalue weighted by molar-refractivity contribution is -0.140. The topological polar surface area (TPSA) is 100.0 Å². The van der Waals surface area contributed by atoms with Crippen LogP contribution in [0.2, 0.25) is 0 Å². The first kappa shape index (κ1) is 21.0. The molecule has 4 rings (SSSR count). The third-order valence-corrected chi connectivity index (χ3v) is 5.28. The molecule has 0 spiro atoms. The minimum Gasteiger partial charge on any atom is -0.508 e. The lowest BCUT2D eigenvalue weighted by Gasteiger charge is -2.25. The average Bonchev–Trinajstić information content (AvgIpc) is 3.04. The number of likely N-dealkylation sites (tertiary alicyclic amines) is 1. The van der Waals surface area contributed by atoms with Gasteiger partial charge in [-0.3, -0.25) is 14.6 Å². The van der Waals surface area contributed by atoms with E-state index in [1.54, 1.807) is 36.7 Å². The lowest BCUT2D eigenvalue weighted by Crippen LogP contribution is -2.29. The highest BCUT2D eigenvalue weighted by molar-refractivity contribution is 6.46. The number of phenolic OH excluding ortho intramolecular Hbond substituents is 1. The molecular weight excluding hydrogens is 415 g/mol. The fraction of sp³-hybridized carbons (Fsp3) is 0.125. The Kier molecular flexibility index (Phi) is 5.59. The molecule has 1 aromatic heterocycles. The molecule has 0 bridgehead atoms. The van der Waals surface area contributed by atoms with E-state index in [0.29, 0.717) is 5.56 Å². The van der Waals surface area contributed by atoms with Crippen molar-refractivity contribution in [3.8, 4) is 11.5 Å². The van der Waals surface area contributed by atoms with Crippen molar-refractivity contribution < 1.29 is 28.9 Å². The Balaban J connectivity index is 1.86. The van der Waals surface area contributed by atoms with Gasteiger partial charge in [-0.1, -0.05) is 12.1 Å². The number of hydrogen-bond donors (Lipinski definition) is 2. The summed E-state index contributed by atoms with van der Waals surface area (Å²) in [5, 5.41) is 20.6. The van der Waals surface area contributed by atoms with Gasteiger partial charge in [0.15, 0.2) is 11.6 Å². The van der Waals surface area contributed by atoms with E-state index >= 15 is 0 Å². The number of ketones is 1. The number of aromatic nitrogens is 1. The van der Waals surface area contributed by atoms with Gasteiger partial charge in [-0.2, -0.15) is 0 Å². The molecule has 1 aliphatic heterocycles. The Morgan fingerprint density at radius 2 is 1.78 bits per heavy atom. The molecule has 2 heterocycles. The van der Waals surface area contributed by atoms with Crippen LogP contribution >= 0.6 is 0 Å². The summed E-state index contributed by atoms with van der Waals surface area (Å²) in [6.07, 6.45) is 3.14. The molecule has 1 saturated heterocycles. The van der Waals surface area contributed by atoms with Crippen molar-refractivity contribution in [1.29, 1.82) is 0 Å². The number of halogens is 1. The largest absolute Gasteiger partial charge is 0.508 e. The number of aliphatic hydroxyl groups is 1. The number of amides is 1. The molecule has 2 N–H and O–H groups in total. The monoisotopic (exact) mass is 434 g/mol. The van der Waals surface area contributed by atoms with E-state index in [2.05, 4.69) is 4.98 Å². The average molecular weight is 434 g/mol. The maximum absolute atomic E-state index is 14.2. The minimum atomic E-state index is -0.936. The van der Waals surface area contributed by atoms with Crippen molar-refractivity contribution >= 4 is 17.4 Å². The van der Waals surface area contributed by atoms with Gasteiger partial charge in [0.1, 0.15) is 11.5 Å². The van der Waals surface area contributed by atoms with E-state index in [4.69, 9.17) is 4.74 Å². The van der Waals surface area contributed by atoms with E-state index in [0.717, 1.165) is 11.6 Å². The van der Waals surface area contributed by atoms with Crippen molar-refractivity contribution in [3.05, 3.63) is 95.1 Å². The number of phenols is 1. The van der Waals surface area contributed by atoms with Crippen LogP contribution in [0.4, 0.5) is 4.39 Å². The second-order valence-corrected chi connectivity index (χ2v) is 7.22. The molecule has 0 radical (unpaired) electrons. The van der Waals surface area contributed by atoms with E-state index in [1.807, 2.05) is 0 Å². The van der Waals surface area contributed by atoms with Gasteiger partial charge < -0.3 is 19.8 Å². The summed E-state index contributed by atoms with van der Waals surface area (Å²) in [4.78, 5) is 31.2. The van der Waals surface area contributed by atoms with Crippen molar-refractivity contribution in [3.63, 3.8) is 0 Å². The number of nitrogens with zero attached hydrogens (tertiary/aromatic N) is 2. The predicted molar refractivity (Wildman–Crippen MR) is 113 cm³/mol. The van der Waals surface area contributed by atoms with Crippen LogP contribution in [0.1, 0.15) is 22.7 Å². The van der Waals surface area contributed by atoms with E-state index in [1.165, 1.54) is 36.3 Å². The SMILES string of the molecule is COc1ccc(C(O)=C2C(=O)C(=O)N(Cc3ccncc3)[C@@H]2c2ccc(O)cc2)cc1F. The summed E-state index contributed by atoms with van der Waals surface area (Å²) in [5.41, 5.74) is 1.11. The van der Waals surface area contributed by atoms with Gasteiger partial charge in [0, 0.05) is 24.5 Å². The Bertz CT molecular complexity index is 1210. The Morgan fingerprint density at radius 1 is 1.09 bits per heavy atom. The highest BCUT2D eigenvalue weighted by atomic mass is 19.1. The molecule has 0 saturated carbocycles. The van der Waals surface area contributed by atoms with Crippen LogP contribution in [0.25, 0.3) is 5.76 Å². The zero-order valence-electron chi connectivity index (χ0n) is 17.0. The molecule has 3 aromatic rings. The number of pyridine rings is 1. The third-order valence-electron chi connectivity index (χ3n) is 5.28. The Morgan fingerprint density at radius 3 is 2.41 bits per heavy atom. The van der Waals surface area contributed by atoms with Gasteiger partial charge in [-0.25, -0.2) is 4.39 Å². The van der Waals surface area contributed by atoms with Gasteiger partial charge in [0.05, 0.1) is 18.7 Å². The number of hydrogen-bond acceptors (Lipinski definition) is 6. The van der Waals surface area contributed by atoms with Crippen LogP contribution in [0.15, 0.2) is 72.6 Å². The number of benzene rings is 2.